The number of amides is 2. The Morgan fingerprint density at radius 3 is 2.54 bits per heavy atom. The van der Waals surface area contributed by atoms with Crippen molar-refractivity contribution in [3.8, 4) is 0 Å². The Kier molecular flexibility index (Phi) is 5.61. The summed E-state index contributed by atoms with van der Waals surface area (Å²) in [6, 6.07) is 5.10. The normalized spacial score (nSPS) is 15.6. The zero-order valence-electron chi connectivity index (χ0n) is 14.1. The summed E-state index contributed by atoms with van der Waals surface area (Å²) in [4.78, 5) is 25.5. The van der Waals surface area contributed by atoms with Crippen molar-refractivity contribution in [1.82, 2.24) is 14.9 Å². The molecule has 2 rings (SSSR count). The molecule has 0 saturated heterocycles. The number of rotatable bonds is 7. The molecule has 2 amide bonds. The fourth-order valence-electron chi connectivity index (χ4n) is 2.17. The number of nitrogens with zero attached hydrogens (tertiary/aromatic N) is 1. The predicted molar refractivity (Wildman–Crippen MR) is 90.0 cm³/mol. The molecular weight excluding hydrogens is 330 g/mol. The monoisotopic (exact) mass is 353 g/mol. The molecule has 1 fully saturated rings. The van der Waals surface area contributed by atoms with Gasteiger partial charge in [0.25, 0.3) is 5.91 Å². The fourth-order valence-corrected chi connectivity index (χ4v) is 3.33. The first-order valence-electron chi connectivity index (χ1n) is 7.82. The fraction of sp³-hybridized carbons (Fsp3) is 0.500. The second-order valence-electron chi connectivity index (χ2n) is 6.25. The topological polar surface area (TPSA) is 95.6 Å². The molecule has 24 heavy (non-hydrogen) atoms. The number of hydrogen-bond donors (Lipinski definition) is 2. The van der Waals surface area contributed by atoms with Gasteiger partial charge in [0.15, 0.2) is 0 Å². The molecule has 1 saturated carbocycles. The second kappa shape index (κ2) is 7.31. The smallest absolute Gasteiger partial charge is 0.251 e. The Labute approximate surface area is 142 Å². The highest BCUT2D eigenvalue weighted by Gasteiger charge is 2.25. The third kappa shape index (κ3) is 4.78. The maximum absolute atomic E-state index is 12.3. The van der Waals surface area contributed by atoms with E-state index in [-0.39, 0.29) is 16.4 Å². The average molecular weight is 353 g/mol. The maximum Gasteiger partial charge on any atom is 0.251 e. The van der Waals surface area contributed by atoms with Crippen LogP contribution in [0.1, 0.15) is 30.1 Å². The molecule has 1 aromatic carbocycles. The highest BCUT2D eigenvalue weighted by Crippen LogP contribution is 2.28. The molecule has 0 aliphatic heterocycles. The number of likely N-dealkylation sites (N-methyl/N-ethyl adjacent to an activating group) is 1. The van der Waals surface area contributed by atoms with Gasteiger partial charge >= 0.3 is 0 Å². The van der Waals surface area contributed by atoms with Gasteiger partial charge in [-0.15, -0.1) is 0 Å². The maximum atomic E-state index is 12.3. The highest BCUT2D eigenvalue weighted by molar-refractivity contribution is 7.89. The quantitative estimate of drug-likeness (QED) is 0.750. The van der Waals surface area contributed by atoms with Gasteiger partial charge in [-0.1, -0.05) is 6.07 Å². The minimum absolute atomic E-state index is 0.0439. The van der Waals surface area contributed by atoms with E-state index in [4.69, 9.17) is 0 Å². The molecule has 8 heteroatoms. The molecule has 1 unspecified atom stereocenters. The average Bonchev–Trinajstić information content (AvgIpc) is 3.36. The zero-order valence-corrected chi connectivity index (χ0v) is 14.9. The SMILES string of the molecule is CC(NC(=O)c1cccc(S(=O)(=O)NCC2CC2)c1)C(=O)N(C)C. The highest BCUT2D eigenvalue weighted by atomic mass is 32.2. The second-order valence-corrected chi connectivity index (χ2v) is 8.02. The van der Waals surface area contributed by atoms with Gasteiger partial charge in [-0.25, -0.2) is 13.1 Å². The summed E-state index contributed by atoms with van der Waals surface area (Å²) in [6.45, 7) is 2.01. The van der Waals surface area contributed by atoms with E-state index in [1.54, 1.807) is 21.0 Å². The number of hydrogen-bond acceptors (Lipinski definition) is 4. The summed E-state index contributed by atoms with van der Waals surface area (Å²) in [6.07, 6.45) is 2.09. The van der Waals surface area contributed by atoms with Crippen molar-refractivity contribution in [2.24, 2.45) is 5.92 Å². The predicted octanol–water partition coefficient (Wildman–Crippen LogP) is 0.581. The first-order valence-corrected chi connectivity index (χ1v) is 9.31. The summed E-state index contributed by atoms with van der Waals surface area (Å²) in [5.41, 5.74) is 0.197. The van der Waals surface area contributed by atoms with Crippen LogP contribution in [0.25, 0.3) is 0 Å². The molecule has 0 radical (unpaired) electrons. The molecular formula is C16H23N3O4S. The Balaban J connectivity index is 2.08. The van der Waals surface area contributed by atoms with Crippen molar-refractivity contribution in [3.63, 3.8) is 0 Å². The number of carbonyl (C=O) groups excluding carboxylic acids is 2. The van der Waals surface area contributed by atoms with Crippen molar-refractivity contribution in [3.05, 3.63) is 29.8 Å². The standard InChI is InChI=1S/C16H23N3O4S/c1-11(16(21)19(2)3)18-15(20)13-5-4-6-14(9-13)24(22,23)17-10-12-7-8-12/h4-6,9,11-12,17H,7-8,10H2,1-3H3,(H,18,20). The Hall–Kier alpha value is -1.93. The molecule has 1 aliphatic rings. The third-order valence-electron chi connectivity index (χ3n) is 3.82. The molecule has 0 bridgehead atoms. The van der Waals surface area contributed by atoms with E-state index in [2.05, 4.69) is 10.0 Å². The van der Waals surface area contributed by atoms with Crippen LogP contribution >= 0.6 is 0 Å². The molecule has 1 aromatic rings. The van der Waals surface area contributed by atoms with Gasteiger partial charge in [-0.3, -0.25) is 9.59 Å². The van der Waals surface area contributed by atoms with Crippen LogP contribution in [0.15, 0.2) is 29.2 Å². The van der Waals surface area contributed by atoms with Crippen molar-refractivity contribution in [2.75, 3.05) is 20.6 Å². The van der Waals surface area contributed by atoms with E-state index in [9.17, 15) is 18.0 Å². The van der Waals surface area contributed by atoms with Crippen LogP contribution in [-0.4, -0.2) is 51.8 Å². The third-order valence-corrected chi connectivity index (χ3v) is 5.25. The summed E-state index contributed by atoms with van der Waals surface area (Å²) >= 11 is 0. The summed E-state index contributed by atoms with van der Waals surface area (Å²) < 4.78 is 27.1. The Bertz CT molecular complexity index is 727. The van der Waals surface area contributed by atoms with E-state index in [1.165, 1.54) is 29.2 Å². The van der Waals surface area contributed by atoms with E-state index in [0.717, 1.165) is 12.8 Å². The number of carbonyl (C=O) groups is 2. The molecule has 0 aromatic heterocycles. The molecule has 2 N–H and O–H groups in total. The van der Waals surface area contributed by atoms with Gasteiger partial charge in [0.2, 0.25) is 15.9 Å². The lowest BCUT2D eigenvalue weighted by molar-refractivity contribution is -0.130. The molecule has 0 heterocycles. The van der Waals surface area contributed by atoms with Crippen LogP contribution in [0, 0.1) is 5.92 Å². The van der Waals surface area contributed by atoms with Gasteiger partial charge in [0.1, 0.15) is 6.04 Å². The van der Waals surface area contributed by atoms with Gasteiger partial charge in [0, 0.05) is 26.2 Å². The van der Waals surface area contributed by atoms with E-state index in [0.29, 0.717) is 12.5 Å². The Morgan fingerprint density at radius 1 is 1.29 bits per heavy atom. The molecule has 1 aliphatic carbocycles. The van der Waals surface area contributed by atoms with Gasteiger partial charge in [0.05, 0.1) is 4.90 Å². The van der Waals surface area contributed by atoms with Crippen molar-refractivity contribution in [1.29, 1.82) is 0 Å². The molecule has 132 valence electrons. The van der Waals surface area contributed by atoms with E-state index in [1.807, 2.05) is 0 Å². The first-order chi connectivity index (χ1) is 11.2. The lowest BCUT2D eigenvalue weighted by atomic mass is 10.2. The lowest BCUT2D eigenvalue weighted by Gasteiger charge is -2.18. The number of benzene rings is 1. The van der Waals surface area contributed by atoms with E-state index >= 15 is 0 Å². The van der Waals surface area contributed by atoms with Gasteiger partial charge in [-0.2, -0.15) is 0 Å². The molecule has 7 nitrogen and oxygen atoms in total. The van der Waals surface area contributed by atoms with E-state index < -0.39 is 22.0 Å². The summed E-state index contributed by atoms with van der Waals surface area (Å²) in [5.74, 6) is -0.306. The van der Waals surface area contributed by atoms with Crippen molar-refractivity contribution < 1.29 is 18.0 Å². The zero-order chi connectivity index (χ0) is 17.9. The van der Waals surface area contributed by atoms with Crippen LogP contribution in [0.3, 0.4) is 0 Å². The minimum Gasteiger partial charge on any atom is -0.347 e. The number of sulfonamides is 1. The Morgan fingerprint density at radius 2 is 1.96 bits per heavy atom. The van der Waals surface area contributed by atoms with Crippen LogP contribution in [0.5, 0.6) is 0 Å². The summed E-state index contributed by atoms with van der Waals surface area (Å²) in [5, 5.41) is 2.57. The minimum atomic E-state index is -3.63. The van der Waals surface area contributed by atoms with Crippen LogP contribution in [0.2, 0.25) is 0 Å². The summed E-state index contributed by atoms with van der Waals surface area (Å²) in [7, 11) is -0.433. The van der Waals surface area contributed by atoms with Crippen molar-refractivity contribution in [2.45, 2.75) is 30.7 Å². The van der Waals surface area contributed by atoms with Crippen LogP contribution in [0.4, 0.5) is 0 Å². The van der Waals surface area contributed by atoms with Gasteiger partial charge in [-0.05, 0) is 43.9 Å². The number of nitrogens with one attached hydrogen (secondary N) is 2. The molecule has 1 atom stereocenters. The largest absolute Gasteiger partial charge is 0.347 e. The lowest BCUT2D eigenvalue weighted by Crippen LogP contribution is -2.44. The van der Waals surface area contributed by atoms with Crippen molar-refractivity contribution >= 4 is 21.8 Å². The van der Waals surface area contributed by atoms with Crippen LogP contribution in [-0.2, 0) is 14.8 Å². The molecule has 0 spiro atoms. The first kappa shape index (κ1) is 18.4. The van der Waals surface area contributed by atoms with Crippen LogP contribution < -0.4 is 10.0 Å². The van der Waals surface area contributed by atoms with Gasteiger partial charge < -0.3 is 10.2 Å².